The van der Waals surface area contributed by atoms with Gasteiger partial charge in [-0.3, -0.25) is 4.79 Å². The highest BCUT2D eigenvalue weighted by atomic mass is 16.5. The Balaban J connectivity index is 2.00. The van der Waals surface area contributed by atoms with Crippen molar-refractivity contribution in [1.82, 2.24) is 0 Å². The summed E-state index contributed by atoms with van der Waals surface area (Å²) in [6.45, 7) is 0. The van der Waals surface area contributed by atoms with Gasteiger partial charge in [-0.15, -0.1) is 5.11 Å². The lowest BCUT2D eigenvalue weighted by Crippen LogP contribution is -1.93. The van der Waals surface area contributed by atoms with Crippen LogP contribution in [0.5, 0.6) is 11.5 Å². The maximum absolute atomic E-state index is 11.2. The van der Waals surface area contributed by atoms with Gasteiger partial charge in [-0.25, -0.2) is 4.79 Å². The monoisotopic (exact) mass is 324 g/mol. The maximum Gasteiger partial charge on any atom is 0.336 e. The van der Waals surface area contributed by atoms with Gasteiger partial charge in [0.1, 0.15) is 17.6 Å². The average Bonchev–Trinajstić information content (AvgIpc) is 2.60. The number of aromatic hydroxyl groups is 1. The van der Waals surface area contributed by atoms with E-state index in [0.29, 0.717) is 28.5 Å². The normalized spacial score (nSPS) is 11.0. The first-order valence-electron chi connectivity index (χ1n) is 6.92. The number of phenolic OH excluding ortho intramolecular Hbond substituents is 1. The molecule has 1 aromatic heterocycles. The van der Waals surface area contributed by atoms with Crippen LogP contribution in [0, 0.1) is 0 Å². The number of aldehydes is 1. The minimum Gasteiger partial charge on any atom is -0.503 e. The summed E-state index contributed by atoms with van der Waals surface area (Å²) in [6.07, 6.45) is 0.624. The quantitative estimate of drug-likeness (QED) is 0.447. The third-order valence-corrected chi connectivity index (χ3v) is 3.31. The minimum absolute atomic E-state index is 0.108. The van der Waals surface area contributed by atoms with E-state index in [1.807, 2.05) is 0 Å². The minimum atomic E-state index is -0.431. The second-order valence-electron chi connectivity index (χ2n) is 4.89. The molecule has 7 nitrogen and oxygen atoms in total. The van der Waals surface area contributed by atoms with Crippen LogP contribution in [0.1, 0.15) is 10.4 Å². The molecule has 0 bridgehead atoms. The van der Waals surface area contributed by atoms with Crippen LogP contribution < -0.4 is 10.4 Å². The summed E-state index contributed by atoms with van der Waals surface area (Å²) < 4.78 is 10.0. The fourth-order valence-electron chi connectivity index (χ4n) is 2.15. The standard InChI is InChI=1S/C17H12N2O5/c1-23-15-7-10(9-20)6-13(17(15)22)19-18-12-3-4-14-11(8-12)2-5-16(21)24-14/h2-9,22H,1H3. The third-order valence-electron chi connectivity index (χ3n) is 3.31. The summed E-state index contributed by atoms with van der Waals surface area (Å²) >= 11 is 0. The lowest BCUT2D eigenvalue weighted by atomic mass is 10.2. The molecule has 1 heterocycles. The van der Waals surface area contributed by atoms with E-state index in [4.69, 9.17) is 9.15 Å². The number of benzene rings is 2. The zero-order valence-electron chi connectivity index (χ0n) is 12.6. The number of carbonyl (C=O) groups excluding carboxylic acids is 1. The number of rotatable bonds is 4. The molecule has 24 heavy (non-hydrogen) atoms. The van der Waals surface area contributed by atoms with E-state index >= 15 is 0 Å². The molecule has 1 N–H and O–H groups in total. The molecule has 7 heteroatoms. The Labute approximate surface area is 135 Å². The Hall–Kier alpha value is -3.48. The molecule has 0 spiro atoms. The van der Waals surface area contributed by atoms with Gasteiger partial charge in [-0.05, 0) is 36.4 Å². The second-order valence-corrected chi connectivity index (χ2v) is 4.89. The molecular weight excluding hydrogens is 312 g/mol. The molecular formula is C17H12N2O5. The van der Waals surface area contributed by atoms with Crippen LogP contribution in [0.3, 0.4) is 0 Å². The predicted octanol–water partition coefficient (Wildman–Crippen LogP) is 3.74. The molecule has 120 valence electrons. The molecule has 0 unspecified atom stereocenters. The smallest absolute Gasteiger partial charge is 0.336 e. The van der Waals surface area contributed by atoms with Gasteiger partial charge in [0.15, 0.2) is 11.5 Å². The number of hydrogen-bond donors (Lipinski definition) is 1. The molecule has 0 aliphatic heterocycles. The number of fused-ring (bicyclic) bond motifs is 1. The van der Waals surface area contributed by atoms with Crippen LogP contribution in [-0.2, 0) is 0 Å². The molecule has 2 aromatic carbocycles. The topological polar surface area (TPSA) is 101 Å². The molecule has 0 radical (unpaired) electrons. The predicted molar refractivity (Wildman–Crippen MR) is 86.7 cm³/mol. The van der Waals surface area contributed by atoms with Gasteiger partial charge in [-0.1, -0.05) is 0 Å². The summed E-state index contributed by atoms with van der Waals surface area (Å²) in [5.74, 6) is -0.0764. The van der Waals surface area contributed by atoms with Gasteiger partial charge in [-0.2, -0.15) is 5.11 Å². The van der Waals surface area contributed by atoms with Crippen molar-refractivity contribution in [2.24, 2.45) is 10.2 Å². The first-order chi connectivity index (χ1) is 11.6. The van der Waals surface area contributed by atoms with Gasteiger partial charge in [0.25, 0.3) is 0 Å². The van der Waals surface area contributed by atoms with E-state index in [1.54, 1.807) is 24.3 Å². The molecule has 0 aliphatic carbocycles. The lowest BCUT2D eigenvalue weighted by molar-refractivity contribution is 0.112. The SMILES string of the molecule is COc1cc(C=O)cc(N=Nc2ccc3oc(=O)ccc3c2)c1O. The van der Waals surface area contributed by atoms with E-state index in [2.05, 4.69) is 10.2 Å². The van der Waals surface area contributed by atoms with Gasteiger partial charge in [0, 0.05) is 17.0 Å². The number of ether oxygens (including phenoxy) is 1. The number of nitrogens with zero attached hydrogens (tertiary/aromatic N) is 2. The van der Waals surface area contributed by atoms with E-state index < -0.39 is 5.63 Å². The van der Waals surface area contributed by atoms with Crippen LogP contribution in [0.4, 0.5) is 11.4 Å². The van der Waals surface area contributed by atoms with Crippen LogP contribution >= 0.6 is 0 Å². The first-order valence-corrected chi connectivity index (χ1v) is 6.92. The lowest BCUT2D eigenvalue weighted by Gasteiger charge is -2.06. The van der Waals surface area contributed by atoms with Crippen LogP contribution in [-0.4, -0.2) is 18.5 Å². The summed E-state index contributed by atoms with van der Waals surface area (Å²) in [6, 6.07) is 10.6. The molecule has 0 aliphatic rings. The number of azo groups is 1. The maximum atomic E-state index is 11.2. The summed E-state index contributed by atoms with van der Waals surface area (Å²) in [5, 5.41) is 18.7. The third kappa shape index (κ3) is 3.00. The zero-order valence-corrected chi connectivity index (χ0v) is 12.6. The molecule has 0 saturated heterocycles. The highest BCUT2D eigenvalue weighted by Gasteiger charge is 2.10. The highest BCUT2D eigenvalue weighted by Crippen LogP contribution is 2.38. The summed E-state index contributed by atoms with van der Waals surface area (Å²) in [7, 11) is 1.38. The summed E-state index contributed by atoms with van der Waals surface area (Å²) in [4.78, 5) is 22.1. The number of phenols is 1. The van der Waals surface area contributed by atoms with Gasteiger partial charge in [0.2, 0.25) is 0 Å². The van der Waals surface area contributed by atoms with E-state index in [0.717, 1.165) is 0 Å². The van der Waals surface area contributed by atoms with Crippen molar-refractivity contribution < 1.29 is 19.1 Å². The van der Waals surface area contributed by atoms with E-state index in [-0.39, 0.29) is 17.2 Å². The Kier molecular flexibility index (Phi) is 4.07. The first kappa shape index (κ1) is 15.4. The van der Waals surface area contributed by atoms with Crippen molar-refractivity contribution in [2.45, 2.75) is 0 Å². The fourth-order valence-corrected chi connectivity index (χ4v) is 2.15. The Morgan fingerprint density at radius 1 is 1.12 bits per heavy atom. The Morgan fingerprint density at radius 2 is 1.96 bits per heavy atom. The van der Waals surface area contributed by atoms with Gasteiger partial charge >= 0.3 is 5.63 Å². The Bertz CT molecular complexity index is 1010. The number of methoxy groups -OCH3 is 1. The van der Waals surface area contributed by atoms with Gasteiger partial charge < -0.3 is 14.3 Å². The average molecular weight is 324 g/mol. The molecule has 0 amide bonds. The fraction of sp³-hybridized carbons (Fsp3) is 0.0588. The number of carbonyl (C=O) groups is 1. The second kappa shape index (κ2) is 6.33. The van der Waals surface area contributed by atoms with Gasteiger partial charge in [0.05, 0.1) is 12.8 Å². The van der Waals surface area contributed by atoms with Crippen LogP contribution in [0.2, 0.25) is 0 Å². The Morgan fingerprint density at radius 3 is 2.71 bits per heavy atom. The van der Waals surface area contributed by atoms with Crippen LogP contribution in [0.15, 0.2) is 61.9 Å². The molecule has 0 fully saturated rings. The molecule has 3 rings (SSSR count). The van der Waals surface area contributed by atoms with E-state index in [1.165, 1.54) is 25.3 Å². The largest absolute Gasteiger partial charge is 0.503 e. The van der Waals surface area contributed by atoms with Crippen molar-refractivity contribution >= 4 is 28.6 Å². The van der Waals surface area contributed by atoms with Crippen molar-refractivity contribution in [3.8, 4) is 11.5 Å². The van der Waals surface area contributed by atoms with Crippen molar-refractivity contribution in [1.29, 1.82) is 0 Å². The van der Waals surface area contributed by atoms with E-state index in [9.17, 15) is 14.7 Å². The van der Waals surface area contributed by atoms with Crippen molar-refractivity contribution in [2.75, 3.05) is 7.11 Å². The summed E-state index contributed by atoms with van der Waals surface area (Å²) in [5.41, 5.74) is 0.912. The van der Waals surface area contributed by atoms with Crippen LogP contribution in [0.25, 0.3) is 11.0 Å². The molecule has 0 atom stereocenters. The van der Waals surface area contributed by atoms with Crippen molar-refractivity contribution in [3.63, 3.8) is 0 Å². The molecule has 3 aromatic rings. The molecule has 0 saturated carbocycles. The zero-order chi connectivity index (χ0) is 17.1. The van der Waals surface area contributed by atoms with Crippen molar-refractivity contribution in [3.05, 3.63) is 58.4 Å². The number of hydrogen-bond acceptors (Lipinski definition) is 7. The highest BCUT2D eigenvalue weighted by molar-refractivity contribution is 5.81.